The Labute approximate surface area is 200 Å². The van der Waals surface area contributed by atoms with Crippen LogP contribution in [0.3, 0.4) is 0 Å². The topological polar surface area (TPSA) is 80.7 Å². The zero-order chi connectivity index (χ0) is 24.5. The smallest absolute Gasteiger partial charge is 0.227 e. The molecule has 1 amide bonds. The second-order valence-corrected chi connectivity index (χ2v) is 8.74. The minimum Gasteiger partial charge on any atom is -0.371 e. The highest BCUT2D eigenvalue weighted by Gasteiger charge is 2.36. The highest BCUT2D eigenvalue weighted by Crippen LogP contribution is 2.34. The molecule has 11 heteroatoms. The Balaban J connectivity index is 1.23. The minimum absolute atomic E-state index is 0.0161. The van der Waals surface area contributed by atoms with Crippen molar-refractivity contribution < 1.29 is 18.3 Å². The molecule has 180 valence electrons. The monoisotopic (exact) mass is 479 g/mol. The lowest BCUT2D eigenvalue weighted by Gasteiger charge is -2.46. The van der Waals surface area contributed by atoms with Crippen molar-refractivity contribution in [2.45, 2.75) is 25.5 Å². The van der Waals surface area contributed by atoms with Gasteiger partial charge in [0.2, 0.25) is 11.6 Å². The van der Waals surface area contributed by atoms with Crippen LogP contribution < -0.4 is 0 Å². The summed E-state index contributed by atoms with van der Waals surface area (Å²) in [5, 5.41) is 11.0. The molecule has 2 aliphatic heterocycles. The first-order valence-electron chi connectivity index (χ1n) is 11.3. The Morgan fingerprint density at radius 3 is 2.80 bits per heavy atom. The van der Waals surface area contributed by atoms with Gasteiger partial charge in [0.15, 0.2) is 0 Å². The van der Waals surface area contributed by atoms with Crippen molar-refractivity contribution in [2.75, 3.05) is 32.8 Å². The number of rotatable bonds is 4. The van der Waals surface area contributed by atoms with Gasteiger partial charge in [0.25, 0.3) is 0 Å². The number of benzene rings is 2. The largest absolute Gasteiger partial charge is 0.371 e. The fourth-order valence-electron chi connectivity index (χ4n) is 4.76. The number of hydrogen-bond acceptors (Lipinski definition) is 6. The van der Waals surface area contributed by atoms with E-state index in [0.717, 1.165) is 5.56 Å². The quantitative estimate of drug-likeness (QED) is 0.536. The van der Waals surface area contributed by atoms with Crippen LogP contribution in [0.5, 0.6) is 0 Å². The SMILES string of the molecule is [C-]#[N+]c1c(F)ccc([C@H]2CN3CCN(C(=O)Cc4cc(-n5cnnn5)ccc4F)C[C@@H]3CO2)c1C. The lowest BCUT2D eigenvalue weighted by atomic mass is 9.98. The molecule has 0 radical (unpaired) electrons. The molecule has 2 aromatic carbocycles. The molecule has 1 aromatic heterocycles. The van der Waals surface area contributed by atoms with Crippen LogP contribution in [0.1, 0.15) is 22.8 Å². The molecular weight excluding hydrogens is 456 g/mol. The summed E-state index contributed by atoms with van der Waals surface area (Å²) < 4.78 is 35.8. The molecule has 2 aliphatic rings. The van der Waals surface area contributed by atoms with E-state index in [1.165, 1.54) is 23.1 Å². The second kappa shape index (κ2) is 9.48. The van der Waals surface area contributed by atoms with Crippen molar-refractivity contribution in [3.8, 4) is 5.69 Å². The van der Waals surface area contributed by atoms with E-state index in [0.29, 0.717) is 44.0 Å². The van der Waals surface area contributed by atoms with Gasteiger partial charge >= 0.3 is 0 Å². The predicted molar refractivity (Wildman–Crippen MR) is 121 cm³/mol. The van der Waals surface area contributed by atoms with Crippen LogP contribution >= 0.6 is 0 Å². The fourth-order valence-corrected chi connectivity index (χ4v) is 4.76. The summed E-state index contributed by atoms with van der Waals surface area (Å²) in [6.07, 6.45) is 1.08. The van der Waals surface area contributed by atoms with Crippen LogP contribution in [0.25, 0.3) is 10.5 Å². The van der Waals surface area contributed by atoms with E-state index in [4.69, 9.17) is 11.3 Å². The van der Waals surface area contributed by atoms with Crippen molar-refractivity contribution in [1.82, 2.24) is 30.0 Å². The van der Waals surface area contributed by atoms with Crippen molar-refractivity contribution in [2.24, 2.45) is 0 Å². The van der Waals surface area contributed by atoms with Gasteiger partial charge in [-0.25, -0.2) is 18.3 Å². The van der Waals surface area contributed by atoms with E-state index in [1.54, 1.807) is 30.0 Å². The number of nitrogens with zero attached hydrogens (tertiary/aromatic N) is 7. The van der Waals surface area contributed by atoms with Crippen LogP contribution in [0.15, 0.2) is 36.7 Å². The number of halogens is 2. The Kier molecular flexibility index (Phi) is 6.23. The minimum atomic E-state index is -0.526. The standard InChI is InChI=1S/C24H23F2N7O2/c1-15-19(4-6-21(26)24(15)27-2)22-12-31-7-8-32(11-18(31)13-35-22)23(34)10-16-9-17(3-5-20(16)25)33-14-28-29-30-33/h3-6,9,14,18,22H,7-8,10-13H2,1H3/t18-,22-/m1/s1. The van der Waals surface area contributed by atoms with E-state index in [-0.39, 0.29) is 35.7 Å². The van der Waals surface area contributed by atoms with E-state index >= 15 is 0 Å². The number of fused-ring (bicyclic) bond motifs is 1. The van der Waals surface area contributed by atoms with E-state index in [1.807, 2.05) is 0 Å². The lowest BCUT2D eigenvalue weighted by molar-refractivity contribution is -0.139. The zero-order valence-corrected chi connectivity index (χ0v) is 19.1. The number of tetrazole rings is 1. The van der Waals surface area contributed by atoms with Crippen molar-refractivity contribution in [3.63, 3.8) is 0 Å². The molecule has 0 unspecified atom stereocenters. The van der Waals surface area contributed by atoms with Crippen LogP contribution in [0.2, 0.25) is 0 Å². The first-order chi connectivity index (χ1) is 16.9. The summed E-state index contributed by atoms with van der Waals surface area (Å²) >= 11 is 0. The van der Waals surface area contributed by atoms with Gasteiger partial charge in [-0.15, -0.1) is 5.10 Å². The number of aromatic nitrogens is 4. The number of piperazine rings is 1. The van der Waals surface area contributed by atoms with Gasteiger partial charge in [-0.2, -0.15) is 0 Å². The molecule has 0 aliphatic carbocycles. The highest BCUT2D eigenvalue weighted by molar-refractivity contribution is 5.79. The average Bonchev–Trinajstić information content (AvgIpc) is 3.40. The van der Waals surface area contributed by atoms with Crippen LogP contribution in [0, 0.1) is 25.1 Å². The molecular formula is C24H23F2N7O2. The summed E-state index contributed by atoms with van der Waals surface area (Å²) in [4.78, 5) is 20.3. The summed E-state index contributed by atoms with van der Waals surface area (Å²) in [6, 6.07) is 7.46. The first kappa shape index (κ1) is 23.0. The number of ether oxygens (including phenoxy) is 1. The van der Waals surface area contributed by atoms with Crippen LogP contribution in [-0.4, -0.2) is 74.7 Å². The molecule has 3 heterocycles. The number of hydrogen-bond donors (Lipinski definition) is 0. The fraction of sp³-hybridized carbons (Fsp3) is 0.375. The number of carbonyl (C=O) groups excluding carboxylic acids is 1. The summed E-state index contributed by atoms with van der Waals surface area (Å²) in [5.74, 6) is -1.14. The maximum absolute atomic E-state index is 14.4. The number of carbonyl (C=O) groups is 1. The third kappa shape index (κ3) is 4.50. The molecule has 0 N–H and O–H groups in total. The van der Waals surface area contributed by atoms with E-state index in [9.17, 15) is 13.6 Å². The van der Waals surface area contributed by atoms with Crippen LogP contribution in [0.4, 0.5) is 14.5 Å². The van der Waals surface area contributed by atoms with Gasteiger partial charge in [0, 0.05) is 26.2 Å². The lowest BCUT2D eigenvalue weighted by Crippen LogP contribution is -2.59. The summed E-state index contributed by atoms with van der Waals surface area (Å²) in [6.45, 7) is 11.6. The molecule has 2 fully saturated rings. The molecule has 2 atom stereocenters. The van der Waals surface area contributed by atoms with Gasteiger partial charge in [0.05, 0.1) is 37.4 Å². The maximum Gasteiger partial charge on any atom is 0.227 e. The molecule has 5 rings (SSSR count). The molecule has 0 saturated carbocycles. The van der Waals surface area contributed by atoms with Gasteiger partial charge in [-0.3, -0.25) is 9.69 Å². The predicted octanol–water partition coefficient (Wildman–Crippen LogP) is 2.63. The van der Waals surface area contributed by atoms with Crippen LogP contribution in [-0.2, 0) is 16.0 Å². The molecule has 3 aromatic rings. The van der Waals surface area contributed by atoms with Gasteiger partial charge in [-0.1, -0.05) is 6.07 Å². The maximum atomic E-state index is 14.4. The summed E-state index contributed by atoms with van der Waals surface area (Å²) in [7, 11) is 0. The Morgan fingerprint density at radius 2 is 2.03 bits per heavy atom. The Morgan fingerprint density at radius 1 is 1.20 bits per heavy atom. The average molecular weight is 479 g/mol. The number of amides is 1. The van der Waals surface area contributed by atoms with E-state index in [2.05, 4.69) is 25.3 Å². The Hall–Kier alpha value is -3.75. The molecule has 0 bridgehead atoms. The molecule has 2 saturated heterocycles. The highest BCUT2D eigenvalue weighted by atomic mass is 19.1. The number of morpholine rings is 1. The van der Waals surface area contributed by atoms with Gasteiger partial charge in [0.1, 0.15) is 18.0 Å². The van der Waals surface area contributed by atoms with E-state index < -0.39 is 11.6 Å². The zero-order valence-electron chi connectivity index (χ0n) is 19.1. The van der Waals surface area contributed by atoms with Gasteiger partial charge < -0.3 is 9.64 Å². The molecule has 0 spiro atoms. The molecule has 35 heavy (non-hydrogen) atoms. The van der Waals surface area contributed by atoms with Crippen molar-refractivity contribution in [3.05, 3.63) is 76.4 Å². The third-order valence-corrected chi connectivity index (χ3v) is 6.71. The first-order valence-corrected chi connectivity index (χ1v) is 11.3. The normalized spacial score (nSPS) is 20.3. The molecule has 9 nitrogen and oxygen atoms in total. The third-order valence-electron chi connectivity index (χ3n) is 6.71. The van der Waals surface area contributed by atoms with Crippen molar-refractivity contribution in [1.29, 1.82) is 0 Å². The Bertz CT molecular complexity index is 1290. The second-order valence-electron chi connectivity index (χ2n) is 8.74. The van der Waals surface area contributed by atoms with Gasteiger partial charge in [-0.05, 0) is 58.3 Å². The summed E-state index contributed by atoms with van der Waals surface area (Å²) in [5.41, 5.74) is 2.30. The van der Waals surface area contributed by atoms with Crippen molar-refractivity contribution >= 4 is 11.6 Å².